The highest BCUT2D eigenvalue weighted by atomic mass is 14.4. The van der Waals surface area contributed by atoms with Gasteiger partial charge >= 0.3 is 0 Å². The second-order valence-corrected chi connectivity index (χ2v) is 8.72. The largest absolute Gasteiger partial charge is 0.0804 e. The molecule has 146 valence electrons. The summed E-state index contributed by atoms with van der Waals surface area (Å²) in [5, 5.41) is 0. The van der Waals surface area contributed by atoms with Crippen LogP contribution in [0.2, 0.25) is 0 Å². The summed E-state index contributed by atoms with van der Waals surface area (Å²) in [5.74, 6) is 0.820. The smallest absolute Gasteiger partial charge is 0.00845 e. The molecule has 0 aromatic carbocycles. The van der Waals surface area contributed by atoms with Crippen molar-refractivity contribution in [1.82, 2.24) is 0 Å². The first-order valence-electron chi connectivity index (χ1n) is 11.5. The van der Waals surface area contributed by atoms with Crippen LogP contribution in [0.1, 0.15) is 124 Å². The predicted octanol–water partition coefficient (Wildman–Crippen LogP) is 9.02. The third-order valence-corrected chi connectivity index (χ3v) is 6.63. The molecule has 0 amide bonds. The average molecular weight is 347 g/mol. The first-order valence-corrected chi connectivity index (χ1v) is 11.5. The van der Waals surface area contributed by atoms with Crippen molar-refractivity contribution in [3.63, 3.8) is 0 Å². The summed E-state index contributed by atoms with van der Waals surface area (Å²) < 4.78 is 0. The molecule has 0 bridgehead atoms. The van der Waals surface area contributed by atoms with Crippen LogP contribution in [-0.4, -0.2) is 0 Å². The molecule has 0 nitrogen and oxygen atoms in total. The van der Waals surface area contributed by atoms with Gasteiger partial charge in [0.1, 0.15) is 0 Å². The molecule has 0 aliphatic heterocycles. The van der Waals surface area contributed by atoms with E-state index in [1.165, 1.54) is 96.3 Å². The molecule has 0 aromatic rings. The van der Waals surface area contributed by atoms with Crippen LogP contribution >= 0.6 is 0 Å². The second kappa shape index (κ2) is 13.7. The number of rotatable bonds is 16. The molecule has 0 saturated carbocycles. The Morgan fingerprint density at radius 2 is 1.40 bits per heavy atom. The highest BCUT2D eigenvalue weighted by Crippen LogP contribution is 2.45. The minimum absolute atomic E-state index is 0.428. The standard InChI is InChI=1S/C25H46/c1-5-7-9-11-13-15-19-23(3)25(4,24-20-16-17-21-24)22-18-14-12-10-8-6-2/h16-17,20,23H,5-15,18-19,21-22H2,1-4H3. The molecule has 0 spiro atoms. The minimum Gasteiger partial charge on any atom is -0.0804 e. The molecule has 1 rings (SSSR count). The van der Waals surface area contributed by atoms with Crippen molar-refractivity contribution < 1.29 is 0 Å². The first kappa shape index (κ1) is 22.5. The van der Waals surface area contributed by atoms with Crippen molar-refractivity contribution in [1.29, 1.82) is 0 Å². The fourth-order valence-electron chi connectivity index (χ4n) is 4.42. The van der Waals surface area contributed by atoms with E-state index in [1.807, 2.05) is 0 Å². The van der Waals surface area contributed by atoms with Crippen LogP contribution in [0, 0.1) is 11.3 Å². The first-order chi connectivity index (χ1) is 12.1. The Hall–Kier alpha value is -0.520. The molecular formula is C25H46. The fourth-order valence-corrected chi connectivity index (χ4v) is 4.42. The van der Waals surface area contributed by atoms with Crippen LogP contribution in [0.25, 0.3) is 0 Å². The third kappa shape index (κ3) is 8.61. The van der Waals surface area contributed by atoms with E-state index in [4.69, 9.17) is 0 Å². The van der Waals surface area contributed by atoms with Crippen molar-refractivity contribution in [2.24, 2.45) is 11.3 Å². The van der Waals surface area contributed by atoms with Gasteiger partial charge in [0.25, 0.3) is 0 Å². The maximum absolute atomic E-state index is 2.57. The van der Waals surface area contributed by atoms with E-state index in [1.54, 1.807) is 5.57 Å². The van der Waals surface area contributed by atoms with E-state index in [2.05, 4.69) is 45.9 Å². The van der Waals surface area contributed by atoms with Crippen LogP contribution in [0.5, 0.6) is 0 Å². The molecule has 0 heterocycles. The van der Waals surface area contributed by atoms with Crippen LogP contribution in [0.3, 0.4) is 0 Å². The van der Waals surface area contributed by atoms with Crippen molar-refractivity contribution in [3.8, 4) is 0 Å². The van der Waals surface area contributed by atoms with Crippen molar-refractivity contribution in [2.45, 2.75) is 124 Å². The lowest BCUT2D eigenvalue weighted by Crippen LogP contribution is -2.27. The Bertz CT molecular complexity index is 375. The summed E-state index contributed by atoms with van der Waals surface area (Å²) in [4.78, 5) is 0. The zero-order chi connectivity index (χ0) is 18.4. The van der Waals surface area contributed by atoms with E-state index in [0.717, 1.165) is 5.92 Å². The van der Waals surface area contributed by atoms with E-state index in [9.17, 15) is 0 Å². The summed E-state index contributed by atoms with van der Waals surface area (Å²) in [5.41, 5.74) is 2.14. The van der Waals surface area contributed by atoms with Crippen molar-refractivity contribution in [3.05, 3.63) is 23.8 Å². The fraction of sp³-hybridized carbons (Fsp3) is 0.840. The van der Waals surface area contributed by atoms with Crippen LogP contribution in [0.4, 0.5) is 0 Å². The zero-order valence-electron chi connectivity index (χ0n) is 17.9. The average Bonchev–Trinajstić information content (AvgIpc) is 3.15. The van der Waals surface area contributed by atoms with Crippen LogP contribution in [-0.2, 0) is 0 Å². The van der Waals surface area contributed by atoms with E-state index in [0.29, 0.717) is 5.41 Å². The van der Waals surface area contributed by atoms with E-state index in [-0.39, 0.29) is 0 Å². The lowest BCUT2D eigenvalue weighted by atomic mass is 9.67. The minimum atomic E-state index is 0.428. The van der Waals surface area contributed by atoms with Crippen molar-refractivity contribution >= 4 is 0 Å². The van der Waals surface area contributed by atoms with Gasteiger partial charge in [-0.3, -0.25) is 0 Å². The number of allylic oxidation sites excluding steroid dienone is 4. The molecule has 0 heteroatoms. The molecule has 0 radical (unpaired) electrons. The Labute approximate surface area is 159 Å². The third-order valence-electron chi connectivity index (χ3n) is 6.63. The Morgan fingerprint density at radius 3 is 1.96 bits per heavy atom. The molecule has 2 atom stereocenters. The monoisotopic (exact) mass is 346 g/mol. The SMILES string of the molecule is CCCCCCCCC(C)C(C)(CCCCCCCC)C1=CC=CC1. The highest BCUT2D eigenvalue weighted by molar-refractivity contribution is 5.29. The molecule has 1 aliphatic rings. The molecule has 0 aromatic heterocycles. The second-order valence-electron chi connectivity index (χ2n) is 8.72. The molecular weight excluding hydrogens is 300 g/mol. The molecule has 2 unspecified atom stereocenters. The van der Waals surface area contributed by atoms with Crippen molar-refractivity contribution in [2.75, 3.05) is 0 Å². The van der Waals surface area contributed by atoms with Gasteiger partial charge < -0.3 is 0 Å². The van der Waals surface area contributed by atoms with Gasteiger partial charge in [-0.05, 0) is 30.6 Å². The normalized spacial score (nSPS) is 17.5. The summed E-state index contributed by atoms with van der Waals surface area (Å²) in [7, 11) is 0. The molecule has 0 saturated heterocycles. The van der Waals surface area contributed by atoms with Crippen LogP contribution < -0.4 is 0 Å². The zero-order valence-corrected chi connectivity index (χ0v) is 17.9. The number of hydrogen-bond donors (Lipinski definition) is 0. The molecule has 0 N–H and O–H groups in total. The van der Waals surface area contributed by atoms with Gasteiger partial charge in [0.05, 0.1) is 0 Å². The highest BCUT2D eigenvalue weighted by Gasteiger charge is 2.33. The Balaban J connectivity index is 2.39. The summed E-state index contributed by atoms with van der Waals surface area (Å²) >= 11 is 0. The lowest BCUT2D eigenvalue weighted by molar-refractivity contribution is 0.208. The number of hydrogen-bond acceptors (Lipinski definition) is 0. The van der Waals surface area contributed by atoms with Crippen LogP contribution in [0.15, 0.2) is 23.8 Å². The molecule has 1 aliphatic carbocycles. The van der Waals surface area contributed by atoms with E-state index < -0.39 is 0 Å². The molecule has 25 heavy (non-hydrogen) atoms. The Morgan fingerprint density at radius 1 is 0.840 bits per heavy atom. The summed E-state index contributed by atoms with van der Waals surface area (Å²) in [6.07, 6.45) is 28.1. The van der Waals surface area contributed by atoms with Gasteiger partial charge in [-0.15, -0.1) is 0 Å². The van der Waals surface area contributed by atoms with Gasteiger partial charge in [0, 0.05) is 0 Å². The van der Waals surface area contributed by atoms with Gasteiger partial charge in [0.2, 0.25) is 0 Å². The maximum atomic E-state index is 2.57. The van der Waals surface area contributed by atoms with Gasteiger partial charge in [0.15, 0.2) is 0 Å². The number of unbranched alkanes of at least 4 members (excludes halogenated alkanes) is 10. The maximum Gasteiger partial charge on any atom is -0.00845 e. The lowest BCUT2D eigenvalue weighted by Gasteiger charge is -2.38. The molecule has 0 fully saturated rings. The Kier molecular flexibility index (Phi) is 12.3. The summed E-state index contributed by atoms with van der Waals surface area (Å²) in [6, 6.07) is 0. The predicted molar refractivity (Wildman–Crippen MR) is 115 cm³/mol. The summed E-state index contributed by atoms with van der Waals surface area (Å²) in [6.45, 7) is 9.71. The van der Waals surface area contributed by atoms with Gasteiger partial charge in [-0.1, -0.05) is 129 Å². The topological polar surface area (TPSA) is 0 Å². The van der Waals surface area contributed by atoms with Gasteiger partial charge in [-0.25, -0.2) is 0 Å². The van der Waals surface area contributed by atoms with Gasteiger partial charge in [-0.2, -0.15) is 0 Å². The quantitative estimate of drug-likeness (QED) is 0.244. The van der Waals surface area contributed by atoms with E-state index >= 15 is 0 Å².